The van der Waals surface area contributed by atoms with Crippen LogP contribution >= 0.6 is 0 Å². The SMILES string of the molecule is COCCN1C(=O)N(CCOC)C(C(C)C)(C(C)C)C1C(C)C. The van der Waals surface area contributed by atoms with Crippen molar-refractivity contribution in [3.63, 3.8) is 0 Å². The Labute approximate surface area is 142 Å². The second-order valence-electron chi connectivity index (χ2n) is 7.50. The van der Waals surface area contributed by atoms with E-state index in [-0.39, 0.29) is 17.6 Å². The molecule has 0 aliphatic carbocycles. The van der Waals surface area contributed by atoms with Gasteiger partial charge < -0.3 is 19.3 Å². The zero-order chi connectivity index (χ0) is 17.8. The number of amides is 2. The summed E-state index contributed by atoms with van der Waals surface area (Å²) in [6, 6.07) is 0.308. The van der Waals surface area contributed by atoms with Gasteiger partial charge in [0.1, 0.15) is 0 Å². The fraction of sp³-hybridized carbons (Fsp3) is 0.944. The average molecular weight is 328 g/mol. The maximum Gasteiger partial charge on any atom is 0.321 e. The monoisotopic (exact) mass is 328 g/mol. The van der Waals surface area contributed by atoms with Gasteiger partial charge in [0, 0.05) is 27.3 Å². The van der Waals surface area contributed by atoms with Crippen molar-refractivity contribution in [1.29, 1.82) is 0 Å². The van der Waals surface area contributed by atoms with Gasteiger partial charge in [-0.2, -0.15) is 0 Å². The number of urea groups is 1. The fourth-order valence-corrected chi connectivity index (χ4v) is 4.61. The minimum Gasteiger partial charge on any atom is -0.383 e. The summed E-state index contributed by atoms with van der Waals surface area (Å²) in [5.74, 6) is 1.11. The van der Waals surface area contributed by atoms with Gasteiger partial charge >= 0.3 is 6.03 Å². The highest BCUT2D eigenvalue weighted by Crippen LogP contribution is 2.46. The molecule has 5 nitrogen and oxygen atoms in total. The van der Waals surface area contributed by atoms with E-state index in [9.17, 15) is 4.79 Å². The first-order valence-corrected chi connectivity index (χ1v) is 8.82. The zero-order valence-corrected chi connectivity index (χ0v) is 16.3. The molecule has 0 aromatic heterocycles. The summed E-state index contributed by atoms with van der Waals surface area (Å²) in [5.41, 5.74) is -0.183. The maximum absolute atomic E-state index is 13.2. The predicted molar refractivity (Wildman–Crippen MR) is 93.6 cm³/mol. The smallest absolute Gasteiger partial charge is 0.321 e. The van der Waals surface area contributed by atoms with Crippen LogP contribution in [0, 0.1) is 17.8 Å². The molecular weight excluding hydrogens is 292 g/mol. The van der Waals surface area contributed by atoms with Gasteiger partial charge in [-0.15, -0.1) is 0 Å². The Balaban J connectivity index is 3.37. The highest BCUT2D eigenvalue weighted by Gasteiger charge is 2.60. The average Bonchev–Trinajstić information content (AvgIpc) is 2.72. The second-order valence-corrected chi connectivity index (χ2v) is 7.50. The van der Waals surface area contributed by atoms with E-state index in [2.05, 4.69) is 46.4 Å². The van der Waals surface area contributed by atoms with Crippen LogP contribution in [0.4, 0.5) is 4.79 Å². The molecule has 1 atom stereocenters. The van der Waals surface area contributed by atoms with Gasteiger partial charge in [0.15, 0.2) is 0 Å². The maximum atomic E-state index is 13.2. The van der Waals surface area contributed by atoms with E-state index in [0.717, 1.165) is 0 Å². The quantitative estimate of drug-likeness (QED) is 0.653. The first-order valence-electron chi connectivity index (χ1n) is 8.82. The lowest BCUT2D eigenvalue weighted by molar-refractivity contribution is 0.00461. The molecule has 1 fully saturated rings. The topological polar surface area (TPSA) is 42.0 Å². The van der Waals surface area contributed by atoms with Gasteiger partial charge in [-0.25, -0.2) is 4.79 Å². The number of nitrogens with zero attached hydrogens (tertiary/aromatic N) is 2. The van der Waals surface area contributed by atoms with Gasteiger partial charge in [-0.1, -0.05) is 41.5 Å². The van der Waals surface area contributed by atoms with E-state index in [1.165, 1.54) is 0 Å². The standard InChI is InChI=1S/C18H36N2O3/c1-13(2)16-18(14(3)4,15(5)6)20(10-12-23-8)17(21)19(16)9-11-22-7/h13-16H,9-12H2,1-8H3. The van der Waals surface area contributed by atoms with Crippen LogP contribution in [0.15, 0.2) is 0 Å². The molecule has 0 N–H and O–H groups in total. The van der Waals surface area contributed by atoms with Crippen molar-refractivity contribution < 1.29 is 14.3 Å². The lowest BCUT2D eigenvalue weighted by Crippen LogP contribution is -2.61. The molecule has 23 heavy (non-hydrogen) atoms. The molecule has 5 heteroatoms. The summed E-state index contributed by atoms with van der Waals surface area (Å²) in [7, 11) is 3.38. The lowest BCUT2D eigenvalue weighted by Gasteiger charge is -2.49. The van der Waals surface area contributed by atoms with E-state index in [1.807, 2.05) is 4.90 Å². The summed E-state index contributed by atoms with van der Waals surface area (Å²) in [6.45, 7) is 15.8. The first kappa shape index (κ1) is 20.2. The number of carbonyl (C=O) groups excluding carboxylic acids is 1. The highest BCUT2D eigenvalue weighted by atomic mass is 16.5. The molecule has 0 spiro atoms. The van der Waals surface area contributed by atoms with Gasteiger partial charge in [0.2, 0.25) is 0 Å². The largest absolute Gasteiger partial charge is 0.383 e. The van der Waals surface area contributed by atoms with Gasteiger partial charge in [-0.3, -0.25) is 0 Å². The molecule has 0 radical (unpaired) electrons. The van der Waals surface area contributed by atoms with E-state index >= 15 is 0 Å². The molecule has 1 saturated heterocycles. The molecule has 0 aromatic carbocycles. The molecule has 0 bridgehead atoms. The molecule has 1 rings (SSSR count). The molecule has 0 saturated carbocycles. The highest BCUT2D eigenvalue weighted by molar-refractivity contribution is 5.79. The summed E-state index contributed by atoms with van der Waals surface area (Å²) in [5, 5.41) is 0. The minimum atomic E-state index is -0.183. The Bertz CT molecular complexity index is 374. The van der Waals surface area contributed by atoms with E-state index < -0.39 is 0 Å². The molecule has 136 valence electrons. The van der Waals surface area contributed by atoms with E-state index in [1.54, 1.807) is 14.2 Å². The minimum absolute atomic E-state index is 0.125. The van der Waals surface area contributed by atoms with Crippen LogP contribution in [-0.4, -0.2) is 67.9 Å². The third-order valence-electron chi connectivity index (χ3n) is 5.29. The van der Waals surface area contributed by atoms with Crippen LogP contribution < -0.4 is 0 Å². The number of hydrogen-bond acceptors (Lipinski definition) is 3. The van der Waals surface area contributed by atoms with Crippen molar-refractivity contribution >= 4 is 6.03 Å². The normalized spacial score (nSPS) is 21.3. The van der Waals surface area contributed by atoms with Gasteiger partial charge in [-0.05, 0) is 17.8 Å². The Hall–Kier alpha value is -0.810. The van der Waals surface area contributed by atoms with Crippen molar-refractivity contribution in [3.05, 3.63) is 0 Å². The summed E-state index contributed by atoms with van der Waals surface area (Å²) < 4.78 is 10.5. The van der Waals surface area contributed by atoms with Crippen LogP contribution in [0.2, 0.25) is 0 Å². The van der Waals surface area contributed by atoms with Crippen LogP contribution in [0.1, 0.15) is 41.5 Å². The number of ether oxygens (including phenoxy) is 2. The number of methoxy groups -OCH3 is 2. The molecule has 2 amide bonds. The van der Waals surface area contributed by atoms with Crippen LogP contribution in [0.3, 0.4) is 0 Å². The molecule has 1 aliphatic rings. The van der Waals surface area contributed by atoms with Crippen molar-refractivity contribution in [2.45, 2.75) is 53.1 Å². The van der Waals surface area contributed by atoms with Crippen molar-refractivity contribution in [1.82, 2.24) is 9.80 Å². The summed E-state index contributed by atoms with van der Waals surface area (Å²) >= 11 is 0. The Morgan fingerprint density at radius 1 is 0.957 bits per heavy atom. The Kier molecular flexibility index (Phi) is 7.33. The third kappa shape index (κ3) is 3.50. The van der Waals surface area contributed by atoms with Crippen molar-refractivity contribution in [3.8, 4) is 0 Å². The number of carbonyl (C=O) groups is 1. The first-order chi connectivity index (χ1) is 10.8. The number of rotatable bonds is 9. The van der Waals surface area contributed by atoms with Crippen molar-refractivity contribution in [2.75, 3.05) is 40.5 Å². The van der Waals surface area contributed by atoms with Crippen LogP contribution in [0.25, 0.3) is 0 Å². The Morgan fingerprint density at radius 3 is 1.83 bits per heavy atom. The fourth-order valence-electron chi connectivity index (χ4n) is 4.61. The molecular formula is C18H36N2O3. The van der Waals surface area contributed by atoms with Gasteiger partial charge in [0.05, 0.1) is 24.8 Å². The second kappa shape index (κ2) is 8.34. The van der Waals surface area contributed by atoms with E-state index in [4.69, 9.17) is 9.47 Å². The van der Waals surface area contributed by atoms with Gasteiger partial charge in [0.25, 0.3) is 0 Å². The summed E-state index contributed by atoms with van der Waals surface area (Å²) in [4.78, 5) is 17.3. The third-order valence-corrected chi connectivity index (χ3v) is 5.29. The predicted octanol–water partition coefficient (Wildman–Crippen LogP) is 3.09. The molecule has 1 heterocycles. The number of hydrogen-bond donors (Lipinski definition) is 0. The van der Waals surface area contributed by atoms with Crippen LogP contribution in [-0.2, 0) is 9.47 Å². The molecule has 1 aliphatic heterocycles. The zero-order valence-electron chi connectivity index (χ0n) is 16.3. The van der Waals surface area contributed by atoms with Crippen LogP contribution in [0.5, 0.6) is 0 Å². The molecule has 0 aromatic rings. The molecule has 1 unspecified atom stereocenters. The van der Waals surface area contributed by atoms with E-state index in [0.29, 0.717) is 44.1 Å². The lowest BCUT2D eigenvalue weighted by atomic mass is 9.68. The van der Waals surface area contributed by atoms with Crippen molar-refractivity contribution in [2.24, 2.45) is 17.8 Å². The Morgan fingerprint density at radius 2 is 1.43 bits per heavy atom. The summed E-state index contributed by atoms with van der Waals surface area (Å²) in [6.07, 6.45) is 0.